The van der Waals surface area contributed by atoms with E-state index in [1.54, 1.807) is 44.2 Å². The number of rotatable bonds is 5. The highest BCUT2D eigenvalue weighted by atomic mass is 79.9. The molecule has 138 valence electrons. The van der Waals surface area contributed by atoms with Crippen LogP contribution in [0, 0.1) is 24.0 Å². The van der Waals surface area contributed by atoms with E-state index in [0.29, 0.717) is 21.4 Å². The Balaban J connectivity index is 1.93. The van der Waals surface area contributed by atoms with Crippen molar-refractivity contribution in [2.45, 2.75) is 13.8 Å². The van der Waals surface area contributed by atoms with Gasteiger partial charge in [0.2, 0.25) is 11.6 Å². The topological polar surface area (TPSA) is 128 Å². The number of aryl methyl sites for hydroxylation is 2. The maximum Gasteiger partial charge on any atom is 0.357 e. The average molecular weight is 432 g/mol. The summed E-state index contributed by atoms with van der Waals surface area (Å²) >= 11 is 3.28. The molecule has 11 heteroatoms. The van der Waals surface area contributed by atoms with Crippen molar-refractivity contribution in [3.05, 3.63) is 68.2 Å². The predicted molar refractivity (Wildman–Crippen MR) is 101 cm³/mol. The molecule has 1 aromatic carbocycles. The van der Waals surface area contributed by atoms with E-state index >= 15 is 0 Å². The van der Waals surface area contributed by atoms with Gasteiger partial charge < -0.3 is 0 Å². The summed E-state index contributed by atoms with van der Waals surface area (Å²) in [6, 6.07) is 8.56. The number of nitrogens with one attached hydrogen (secondary N) is 2. The third kappa shape index (κ3) is 3.77. The molecular weight excluding hydrogens is 418 g/mol. The maximum absolute atomic E-state index is 12.3. The van der Waals surface area contributed by atoms with Gasteiger partial charge in [-0.2, -0.15) is 5.10 Å². The quantitative estimate of drug-likeness (QED) is 0.469. The minimum atomic E-state index is -0.626. The Labute approximate surface area is 161 Å². The van der Waals surface area contributed by atoms with Crippen molar-refractivity contribution >= 4 is 33.3 Å². The smallest absolute Gasteiger partial charge is 0.276 e. The van der Waals surface area contributed by atoms with Crippen LogP contribution in [0.4, 0.5) is 11.5 Å². The number of hydrogen-bond donors (Lipinski definition) is 2. The Bertz CT molecular complexity index is 1030. The highest BCUT2D eigenvalue weighted by Gasteiger charge is 2.26. The molecule has 1 amide bonds. The summed E-state index contributed by atoms with van der Waals surface area (Å²) in [5, 5.41) is 15.8. The number of benzene rings is 1. The van der Waals surface area contributed by atoms with Gasteiger partial charge in [0.1, 0.15) is 6.33 Å². The van der Waals surface area contributed by atoms with E-state index in [2.05, 4.69) is 41.8 Å². The van der Waals surface area contributed by atoms with Crippen LogP contribution in [0.3, 0.4) is 0 Å². The molecule has 2 aromatic heterocycles. The van der Waals surface area contributed by atoms with Gasteiger partial charge in [0.15, 0.2) is 0 Å². The fourth-order valence-corrected chi connectivity index (χ4v) is 2.92. The van der Waals surface area contributed by atoms with Gasteiger partial charge in [-0.05, 0) is 48.0 Å². The molecule has 2 N–H and O–H groups in total. The van der Waals surface area contributed by atoms with E-state index in [4.69, 9.17) is 0 Å². The van der Waals surface area contributed by atoms with Crippen molar-refractivity contribution in [3.8, 4) is 5.82 Å². The molecule has 10 nitrogen and oxygen atoms in total. The predicted octanol–water partition coefficient (Wildman–Crippen LogP) is 2.71. The van der Waals surface area contributed by atoms with E-state index in [1.165, 1.54) is 4.68 Å². The summed E-state index contributed by atoms with van der Waals surface area (Å²) in [5.74, 6) is -0.640. The van der Waals surface area contributed by atoms with Gasteiger partial charge in [-0.1, -0.05) is 12.1 Å². The van der Waals surface area contributed by atoms with Gasteiger partial charge in [-0.15, -0.1) is 0 Å². The summed E-state index contributed by atoms with van der Waals surface area (Å²) in [7, 11) is 0. The lowest BCUT2D eigenvalue weighted by atomic mass is 10.2. The molecule has 0 fully saturated rings. The van der Waals surface area contributed by atoms with Gasteiger partial charge >= 0.3 is 5.69 Å². The number of aromatic nitrogens is 4. The summed E-state index contributed by atoms with van der Waals surface area (Å²) in [4.78, 5) is 31.2. The molecule has 0 saturated carbocycles. The minimum absolute atomic E-state index is 0.00163. The number of hydrogen-bond acceptors (Lipinski definition) is 7. The Morgan fingerprint density at radius 3 is 2.63 bits per heavy atom. The Morgan fingerprint density at radius 2 is 2.00 bits per heavy atom. The minimum Gasteiger partial charge on any atom is -0.276 e. The summed E-state index contributed by atoms with van der Waals surface area (Å²) in [6.45, 7) is 3.53. The zero-order valence-electron chi connectivity index (χ0n) is 14.3. The first-order valence-corrected chi connectivity index (χ1v) is 8.51. The van der Waals surface area contributed by atoms with Crippen molar-refractivity contribution in [2.75, 3.05) is 5.43 Å². The summed E-state index contributed by atoms with van der Waals surface area (Å²) in [6.07, 6.45) is 1.16. The number of nitro groups is 1. The van der Waals surface area contributed by atoms with Crippen molar-refractivity contribution < 1.29 is 9.72 Å². The lowest BCUT2D eigenvalue weighted by Gasteiger charge is -2.11. The van der Waals surface area contributed by atoms with Crippen molar-refractivity contribution in [2.24, 2.45) is 0 Å². The molecule has 0 bridgehead atoms. The zero-order valence-corrected chi connectivity index (χ0v) is 15.9. The number of anilines is 1. The van der Waals surface area contributed by atoms with Gasteiger partial charge in [0.05, 0.1) is 16.2 Å². The first-order chi connectivity index (χ1) is 12.9. The second-order valence-electron chi connectivity index (χ2n) is 5.55. The zero-order chi connectivity index (χ0) is 19.6. The normalized spacial score (nSPS) is 10.5. The van der Waals surface area contributed by atoms with Crippen molar-refractivity contribution in [1.82, 2.24) is 25.2 Å². The molecule has 3 rings (SSSR count). The molecule has 0 aliphatic rings. The van der Waals surface area contributed by atoms with Crippen LogP contribution in [0.1, 0.15) is 21.7 Å². The van der Waals surface area contributed by atoms with Gasteiger partial charge in [0.25, 0.3) is 5.91 Å². The molecule has 0 atom stereocenters. The summed E-state index contributed by atoms with van der Waals surface area (Å²) < 4.78 is 1.94. The monoisotopic (exact) mass is 431 g/mol. The van der Waals surface area contributed by atoms with Crippen LogP contribution in [0.2, 0.25) is 0 Å². The molecule has 0 radical (unpaired) electrons. The first-order valence-electron chi connectivity index (χ1n) is 7.72. The van der Waals surface area contributed by atoms with Crippen LogP contribution in [0.15, 0.2) is 41.1 Å². The number of nitrogens with zero attached hydrogens (tertiary/aromatic N) is 5. The van der Waals surface area contributed by atoms with E-state index in [-0.39, 0.29) is 11.6 Å². The van der Waals surface area contributed by atoms with E-state index in [9.17, 15) is 14.9 Å². The average Bonchev–Trinajstić information content (AvgIpc) is 2.97. The molecule has 2 heterocycles. The van der Waals surface area contributed by atoms with Gasteiger partial charge in [-0.3, -0.25) is 25.8 Å². The van der Waals surface area contributed by atoms with Crippen LogP contribution < -0.4 is 10.9 Å². The maximum atomic E-state index is 12.3. The second-order valence-corrected chi connectivity index (χ2v) is 6.40. The second kappa shape index (κ2) is 7.50. The van der Waals surface area contributed by atoms with Crippen LogP contribution in [-0.4, -0.2) is 30.6 Å². The van der Waals surface area contributed by atoms with Gasteiger partial charge in [-0.25, -0.2) is 14.6 Å². The molecule has 0 aliphatic heterocycles. The van der Waals surface area contributed by atoms with Crippen LogP contribution >= 0.6 is 15.9 Å². The fourth-order valence-electron chi connectivity index (χ4n) is 2.46. The molecule has 27 heavy (non-hydrogen) atoms. The van der Waals surface area contributed by atoms with Crippen molar-refractivity contribution in [1.29, 1.82) is 0 Å². The summed E-state index contributed by atoms with van der Waals surface area (Å²) in [5.41, 5.74) is 6.23. The number of carbonyl (C=O) groups is 1. The molecular formula is C16H14BrN7O3. The van der Waals surface area contributed by atoms with Crippen molar-refractivity contribution in [3.63, 3.8) is 0 Å². The molecule has 0 spiro atoms. The highest BCUT2D eigenvalue weighted by Crippen LogP contribution is 2.28. The van der Waals surface area contributed by atoms with Crippen LogP contribution in [0.25, 0.3) is 5.82 Å². The van der Waals surface area contributed by atoms with Gasteiger partial charge in [0, 0.05) is 10.2 Å². The number of amides is 1. The lowest BCUT2D eigenvalue weighted by molar-refractivity contribution is -0.384. The number of halogens is 1. The third-order valence-corrected chi connectivity index (χ3v) is 4.30. The molecule has 0 aliphatic carbocycles. The Morgan fingerprint density at radius 1 is 1.26 bits per heavy atom. The SMILES string of the molecule is Cc1cc(C)n(-c2ncnc(NNC(=O)c3ccccc3Br)c2[N+](=O)[O-])n1. The van der Waals surface area contributed by atoms with E-state index in [0.717, 1.165) is 6.33 Å². The standard InChI is InChI=1S/C16H14BrN7O3/c1-9-7-10(2)23(22-9)15-13(24(26)27)14(18-8-19-15)20-21-16(25)11-5-3-4-6-12(11)17/h3-8H,1-2H3,(H,21,25)(H,18,19,20). The molecule has 0 unspecified atom stereocenters. The Hall–Kier alpha value is -3.34. The highest BCUT2D eigenvalue weighted by molar-refractivity contribution is 9.10. The van der Waals surface area contributed by atoms with E-state index in [1.807, 2.05) is 0 Å². The largest absolute Gasteiger partial charge is 0.357 e. The molecule has 3 aromatic rings. The number of hydrazine groups is 1. The third-order valence-electron chi connectivity index (χ3n) is 3.61. The van der Waals surface area contributed by atoms with Crippen LogP contribution in [0.5, 0.6) is 0 Å². The first kappa shape index (κ1) is 18.5. The lowest BCUT2D eigenvalue weighted by Crippen LogP contribution is -2.30. The Kier molecular flexibility index (Phi) is 5.12. The molecule has 0 saturated heterocycles. The van der Waals surface area contributed by atoms with Crippen LogP contribution in [-0.2, 0) is 0 Å². The van der Waals surface area contributed by atoms with E-state index < -0.39 is 16.5 Å². The number of carbonyl (C=O) groups excluding carboxylic acids is 1. The fraction of sp³-hybridized carbons (Fsp3) is 0.125.